The Morgan fingerprint density at radius 1 is 1.26 bits per heavy atom. The van der Waals surface area contributed by atoms with E-state index in [4.69, 9.17) is 25.8 Å². The molecule has 11 heteroatoms. The number of dihydropyridines is 1. The van der Waals surface area contributed by atoms with Gasteiger partial charge in [0.25, 0.3) is 5.69 Å². The first-order chi connectivity index (χ1) is 16.1. The van der Waals surface area contributed by atoms with Crippen molar-refractivity contribution >= 4 is 35.0 Å². The topological polar surface area (TPSA) is 134 Å². The molecule has 182 valence electrons. The van der Waals surface area contributed by atoms with E-state index >= 15 is 0 Å². The van der Waals surface area contributed by atoms with Crippen LogP contribution in [0.3, 0.4) is 0 Å². The summed E-state index contributed by atoms with van der Waals surface area (Å²) in [7, 11) is 2.66. The molecule has 1 N–H and O–H groups in total. The molecule has 0 radical (unpaired) electrons. The highest BCUT2D eigenvalue weighted by atomic mass is 35.5. The van der Waals surface area contributed by atoms with Gasteiger partial charge in [-0.2, -0.15) is 0 Å². The molecule has 0 saturated heterocycles. The van der Waals surface area contributed by atoms with Crippen LogP contribution in [0.1, 0.15) is 31.7 Å². The number of carbonyl (C=O) groups is 3. The number of allylic oxidation sites excluding steroid dienone is 3. The van der Waals surface area contributed by atoms with Crippen molar-refractivity contribution in [3.8, 4) is 0 Å². The Kier molecular flexibility index (Phi) is 7.73. The van der Waals surface area contributed by atoms with E-state index in [-0.39, 0.29) is 41.0 Å². The van der Waals surface area contributed by atoms with E-state index in [2.05, 4.69) is 5.32 Å². The van der Waals surface area contributed by atoms with Gasteiger partial charge in [0.15, 0.2) is 5.78 Å². The van der Waals surface area contributed by atoms with Crippen molar-refractivity contribution in [2.75, 3.05) is 27.4 Å². The van der Waals surface area contributed by atoms with Crippen LogP contribution < -0.4 is 5.32 Å². The van der Waals surface area contributed by atoms with Gasteiger partial charge in [-0.25, -0.2) is 4.79 Å². The van der Waals surface area contributed by atoms with Gasteiger partial charge in [0.1, 0.15) is 17.5 Å². The molecule has 1 aliphatic carbocycles. The number of benzene rings is 1. The fourth-order valence-electron chi connectivity index (χ4n) is 4.43. The summed E-state index contributed by atoms with van der Waals surface area (Å²) < 4.78 is 15.1. The molecule has 3 atom stereocenters. The summed E-state index contributed by atoms with van der Waals surface area (Å²) in [5.41, 5.74) is 1.21. The van der Waals surface area contributed by atoms with Crippen LogP contribution in [-0.4, -0.2) is 50.1 Å². The highest BCUT2D eigenvalue weighted by molar-refractivity contribution is 6.32. The Morgan fingerprint density at radius 2 is 1.97 bits per heavy atom. The summed E-state index contributed by atoms with van der Waals surface area (Å²) in [6.45, 7) is 3.56. The van der Waals surface area contributed by atoms with Crippen molar-refractivity contribution in [2.45, 2.75) is 26.2 Å². The fraction of sp³-hybridized carbons (Fsp3) is 0.435. The predicted molar refractivity (Wildman–Crippen MR) is 121 cm³/mol. The van der Waals surface area contributed by atoms with Crippen molar-refractivity contribution < 1.29 is 33.5 Å². The van der Waals surface area contributed by atoms with Crippen LogP contribution in [-0.2, 0) is 28.6 Å². The van der Waals surface area contributed by atoms with Crippen molar-refractivity contribution in [2.24, 2.45) is 11.8 Å². The number of nitro groups is 1. The smallest absolute Gasteiger partial charge is 0.336 e. The second kappa shape index (κ2) is 10.4. The Balaban J connectivity index is 2.19. The van der Waals surface area contributed by atoms with Gasteiger partial charge in [0, 0.05) is 36.1 Å². The van der Waals surface area contributed by atoms with E-state index in [1.165, 1.54) is 32.4 Å². The van der Waals surface area contributed by atoms with Gasteiger partial charge in [0.05, 0.1) is 24.2 Å². The number of Topliss-reactive ketones (excluding diaryl/α,β-unsaturated/α-hetero) is 1. The van der Waals surface area contributed by atoms with Crippen molar-refractivity contribution in [3.63, 3.8) is 0 Å². The molecular weight excluding hydrogens is 468 g/mol. The Labute approximate surface area is 201 Å². The van der Waals surface area contributed by atoms with Crippen LogP contribution in [0.5, 0.6) is 0 Å². The van der Waals surface area contributed by atoms with Gasteiger partial charge in [0.2, 0.25) is 0 Å². The number of methoxy groups -OCH3 is 2. The molecule has 0 saturated carbocycles. The number of nitrogens with one attached hydrogen (secondary N) is 1. The van der Waals surface area contributed by atoms with Gasteiger partial charge < -0.3 is 19.5 Å². The minimum absolute atomic E-state index is 0.0265. The number of hydrogen-bond acceptors (Lipinski definition) is 9. The van der Waals surface area contributed by atoms with Crippen LogP contribution in [0.4, 0.5) is 5.69 Å². The maximum absolute atomic E-state index is 13.6. The Bertz CT molecular complexity index is 1110. The largest absolute Gasteiger partial charge is 0.468 e. The number of esters is 2. The van der Waals surface area contributed by atoms with E-state index < -0.39 is 34.5 Å². The average Bonchev–Trinajstić information content (AvgIpc) is 2.78. The number of carbonyl (C=O) groups excluding carboxylic acids is 3. The normalized spacial score (nSPS) is 22.1. The van der Waals surface area contributed by atoms with E-state index in [0.29, 0.717) is 23.4 Å². The first-order valence-electron chi connectivity index (χ1n) is 10.5. The van der Waals surface area contributed by atoms with E-state index in [1.807, 2.05) is 0 Å². The molecule has 1 aromatic carbocycles. The van der Waals surface area contributed by atoms with Gasteiger partial charge in [-0.3, -0.25) is 19.7 Å². The van der Waals surface area contributed by atoms with Crippen molar-refractivity contribution in [1.29, 1.82) is 0 Å². The average molecular weight is 493 g/mol. The third-order valence-corrected chi connectivity index (χ3v) is 6.30. The second-order valence-corrected chi connectivity index (χ2v) is 8.54. The standard InChI is InChI=1S/C23H25ClN2O8/c1-11-9-15-20(21(27)17(11)22(28)33-4)19(13-5-6-14(24)16(10-13)26(30)31)18(12(2)25-15)23(29)34-8-7-32-3/h5-6,10-11,17,19,25H,7-9H2,1-4H3/t11-,17-,19-/m1/s1. The molecule has 2 aliphatic rings. The lowest BCUT2D eigenvalue weighted by Gasteiger charge is -2.38. The number of rotatable bonds is 7. The van der Waals surface area contributed by atoms with Crippen LogP contribution in [0, 0.1) is 22.0 Å². The third kappa shape index (κ3) is 4.69. The zero-order chi connectivity index (χ0) is 25.2. The van der Waals surface area contributed by atoms with Crippen molar-refractivity contribution in [1.82, 2.24) is 5.32 Å². The van der Waals surface area contributed by atoms with E-state index in [0.717, 1.165) is 0 Å². The molecule has 0 spiro atoms. The van der Waals surface area contributed by atoms with E-state index in [1.54, 1.807) is 13.8 Å². The summed E-state index contributed by atoms with van der Waals surface area (Å²) in [5.74, 6) is -4.33. The molecule has 0 fully saturated rings. The lowest BCUT2D eigenvalue weighted by Crippen LogP contribution is -2.43. The zero-order valence-electron chi connectivity index (χ0n) is 19.2. The lowest BCUT2D eigenvalue weighted by atomic mass is 9.69. The minimum Gasteiger partial charge on any atom is -0.468 e. The van der Waals surface area contributed by atoms with Gasteiger partial charge in [-0.05, 0) is 30.9 Å². The molecular formula is C23H25ClN2O8. The SMILES string of the molecule is COCCOC(=O)C1=C(C)NC2=C(C(=O)[C@H](C(=O)OC)[C@H](C)C2)[C@@H]1c1ccc(Cl)c([N+](=O)[O-])c1. The molecule has 1 aromatic rings. The van der Waals surface area contributed by atoms with Crippen LogP contribution >= 0.6 is 11.6 Å². The second-order valence-electron chi connectivity index (χ2n) is 8.13. The molecule has 1 heterocycles. The molecule has 0 bridgehead atoms. The first kappa shape index (κ1) is 25.4. The summed E-state index contributed by atoms with van der Waals surface area (Å²) in [6.07, 6.45) is 0.344. The fourth-order valence-corrected chi connectivity index (χ4v) is 4.62. The maximum atomic E-state index is 13.6. The highest BCUT2D eigenvalue weighted by Gasteiger charge is 2.47. The molecule has 3 rings (SSSR count). The number of ketones is 1. The first-order valence-corrected chi connectivity index (χ1v) is 10.9. The van der Waals surface area contributed by atoms with Gasteiger partial charge in [-0.15, -0.1) is 0 Å². The van der Waals surface area contributed by atoms with Gasteiger partial charge >= 0.3 is 11.9 Å². The number of nitro benzene ring substituents is 1. The molecule has 0 aromatic heterocycles. The molecule has 34 heavy (non-hydrogen) atoms. The third-order valence-electron chi connectivity index (χ3n) is 5.98. The van der Waals surface area contributed by atoms with Crippen LogP contribution in [0.25, 0.3) is 0 Å². The van der Waals surface area contributed by atoms with Gasteiger partial charge in [-0.1, -0.05) is 24.6 Å². The Hall–Kier alpha value is -3.24. The summed E-state index contributed by atoms with van der Waals surface area (Å²) in [4.78, 5) is 50.1. The monoisotopic (exact) mass is 492 g/mol. The predicted octanol–water partition coefficient (Wildman–Crippen LogP) is 3.05. The summed E-state index contributed by atoms with van der Waals surface area (Å²) >= 11 is 6.00. The molecule has 1 aliphatic heterocycles. The quantitative estimate of drug-likeness (QED) is 0.200. The van der Waals surface area contributed by atoms with Crippen LogP contribution in [0.2, 0.25) is 5.02 Å². The van der Waals surface area contributed by atoms with E-state index in [9.17, 15) is 24.5 Å². The zero-order valence-corrected chi connectivity index (χ0v) is 19.9. The van der Waals surface area contributed by atoms with Crippen LogP contribution in [0.15, 0.2) is 40.7 Å². The Morgan fingerprint density at radius 3 is 2.59 bits per heavy atom. The summed E-state index contributed by atoms with van der Waals surface area (Å²) in [6, 6.07) is 4.09. The number of halogens is 1. The molecule has 0 amide bonds. The number of hydrogen-bond donors (Lipinski definition) is 1. The lowest BCUT2D eigenvalue weighted by molar-refractivity contribution is -0.384. The molecule has 0 unspecified atom stereocenters. The summed E-state index contributed by atoms with van der Waals surface area (Å²) in [5, 5.41) is 14.6. The molecule has 10 nitrogen and oxygen atoms in total. The number of ether oxygens (including phenoxy) is 3. The highest BCUT2D eigenvalue weighted by Crippen LogP contribution is 2.46. The van der Waals surface area contributed by atoms with Crippen molar-refractivity contribution in [3.05, 3.63) is 61.4 Å². The minimum atomic E-state index is -1.07. The number of nitrogens with zero attached hydrogens (tertiary/aromatic N) is 1. The maximum Gasteiger partial charge on any atom is 0.336 e.